The van der Waals surface area contributed by atoms with Gasteiger partial charge < -0.3 is 5.32 Å². The van der Waals surface area contributed by atoms with Gasteiger partial charge in [0.2, 0.25) is 0 Å². The van der Waals surface area contributed by atoms with Crippen LogP contribution < -0.4 is 5.32 Å². The van der Waals surface area contributed by atoms with Gasteiger partial charge in [-0.1, -0.05) is 41.9 Å². The number of hydrogen-bond donors (Lipinski definition) is 1. The SMILES string of the molecule is Cc1cc(C(C)NC(C)C)ccc1Br. The maximum absolute atomic E-state index is 3.51. The first-order valence-corrected chi connectivity index (χ1v) is 5.82. The van der Waals surface area contributed by atoms with Crippen LogP contribution in [0.1, 0.15) is 37.9 Å². The first-order chi connectivity index (χ1) is 6.50. The first-order valence-electron chi connectivity index (χ1n) is 5.03. The van der Waals surface area contributed by atoms with Crippen LogP contribution in [0.4, 0.5) is 0 Å². The van der Waals surface area contributed by atoms with E-state index in [2.05, 4.69) is 67.1 Å². The van der Waals surface area contributed by atoms with Crippen LogP contribution >= 0.6 is 15.9 Å². The van der Waals surface area contributed by atoms with Crippen molar-refractivity contribution in [3.63, 3.8) is 0 Å². The normalized spacial score (nSPS) is 13.3. The van der Waals surface area contributed by atoms with Gasteiger partial charge in [0.1, 0.15) is 0 Å². The Morgan fingerprint density at radius 1 is 1.21 bits per heavy atom. The van der Waals surface area contributed by atoms with Crippen LogP contribution in [0.25, 0.3) is 0 Å². The minimum Gasteiger partial charge on any atom is -0.308 e. The van der Waals surface area contributed by atoms with E-state index in [1.165, 1.54) is 15.6 Å². The molecule has 14 heavy (non-hydrogen) atoms. The fourth-order valence-corrected chi connectivity index (χ4v) is 1.78. The number of hydrogen-bond acceptors (Lipinski definition) is 1. The van der Waals surface area contributed by atoms with Crippen LogP contribution in [0.2, 0.25) is 0 Å². The second-order valence-electron chi connectivity index (χ2n) is 4.05. The summed E-state index contributed by atoms with van der Waals surface area (Å²) < 4.78 is 1.18. The van der Waals surface area contributed by atoms with E-state index in [-0.39, 0.29) is 0 Å². The molecule has 0 spiro atoms. The molecule has 1 N–H and O–H groups in total. The zero-order valence-corrected chi connectivity index (χ0v) is 10.9. The van der Waals surface area contributed by atoms with Gasteiger partial charge in [0.05, 0.1) is 0 Å². The maximum atomic E-state index is 3.51. The molecular weight excluding hydrogens is 238 g/mol. The molecule has 0 fully saturated rings. The Bertz CT molecular complexity index is 307. The van der Waals surface area contributed by atoms with Crippen LogP contribution in [-0.4, -0.2) is 6.04 Å². The Balaban J connectivity index is 2.80. The first kappa shape index (κ1) is 11.7. The lowest BCUT2D eigenvalue weighted by atomic mass is 10.1. The number of aryl methyl sites for hydroxylation is 1. The van der Waals surface area contributed by atoms with Gasteiger partial charge in [-0.2, -0.15) is 0 Å². The highest BCUT2D eigenvalue weighted by Crippen LogP contribution is 2.21. The standard InChI is InChI=1S/C12H18BrN/c1-8(2)14-10(4)11-5-6-12(13)9(3)7-11/h5-8,10,14H,1-4H3. The van der Waals surface area contributed by atoms with Crippen LogP contribution in [0.5, 0.6) is 0 Å². The summed E-state index contributed by atoms with van der Waals surface area (Å²) in [6.07, 6.45) is 0. The van der Waals surface area contributed by atoms with Gasteiger partial charge in [-0.05, 0) is 31.0 Å². The summed E-state index contributed by atoms with van der Waals surface area (Å²) in [7, 11) is 0. The van der Waals surface area contributed by atoms with Gasteiger partial charge in [-0.3, -0.25) is 0 Å². The van der Waals surface area contributed by atoms with Crippen molar-refractivity contribution in [2.75, 3.05) is 0 Å². The summed E-state index contributed by atoms with van der Waals surface area (Å²) in [4.78, 5) is 0. The van der Waals surface area contributed by atoms with Gasteiger partial charge in [-0.25, -0.2) is 0 Å². The molecule has 0 heterocycles. The Labute approximate surface area is 95.0 Å². The molecule has 0 amide bonds. The quantitative estimate of drug-likeness (QED) is 0.866. The van der Waals surface area contributed by atoms with E-state index in [9.17, 15) is 0 Å². The zero-order chi connectivity index (χ0) is 10.7. The molecule has 0 aliphatic rings. The highest BCUT2D eigenvalue weighted by molar-refractivity contribution is 9.10. The number of rotatable bonds is 3. The van der Waals surface area contributed by atoms with Crippen molar-refractivity contribution in [1.29, 1.82) is 0 Å². The van der Waals surface area contributed by atoms with Gasteiger partial charge in [-0.15, -0.1) is 0 Å². The van der Waals surface area contributed by atoms with Crippen molar-refractivity contribution in [3.8, 4) is 0 Å². The molecule has 1 aromatic rings. The van der Waals surface area contributed by atoms with Crippen molar-refractivity contribution in [2.24, 2.45) is 0 Å². The number of benzene rings is 1. The van der Waals surface area contributed by atoms with E-state index in [4.69, 9.17) is 0 Å². The minimum atomic E-state index is 0.418. The van der Waals surface area contributed by atoms with E-state index in [1.807, 2.05) is 0 Å². The lowest BCUT2D eigenvalue weighted by molar-refractivity contribution is 0.506. The van der Waals surface area contributed by atoms with E-state index in [0.29, 0.717) is 12.1 Å². The van der Waals surface area contributed by atoms with Crippen molar-refractivity contribution in [2.45, 2.75) is 39.8 Å². The highest BCUT2D eigenvalue weighted by Gasteiger charge is 2.07. The molecule has 1 atom stereocenters. The molecule has 0 aromatic heterocycles. The molecular formula is C12H18BrN. The zero-order valence-electron chi connectivity index (χ0n) is 9.26. The molecule has 0 saturated heterocycles. The summed E-state index contributed by atoms with van der Waals surface area (Å²) in [6, 6.07) is 7.44. The molecule has 0 aliphatic carbocycles. The number of nitrogens with one attached hydrogen (secondary N) is 1. The van der Waals surface area contributed by atoms with Crippen molar-refractivity contribution >= 4 is 15.9 Å². The van der Waals surface area contributed by atoms with E-state index < -0.39 is 0 Å². The van der Waals surface area contributed by atoms with Gasteiger partial charge in [0.15, 0.2) is 0 Å². The van der Waals surface area contributed by atoms with Gasteiger partial charge in [0, 0.05) is 16.6 Å². The molecule has 1 aromatic carbocycles. The van der Waals surface area contributed by atoms with E-state index >= 15 is 0 Å². The summed E-state index contributed by atoms with van der Waals surface area (Å²) >= 11 is 3.51. The lowest BCUT2D eigenvalue weighted by Gasteiger charge is -2.17. The summed E-state index contributed by atoms with van der Waals surface area (Å²) in [5.74, 6) is 0. The Morgan fingerprint density at radius 3 is 2.36 bits per heavy atom. The van der Waals surface area contributed by atoms with Crippen LogP contribution in [0.15, 0.2) is 22.7 Å². The largest absolute Gasteiger partial charge is 0.308 e. The predicted molar refractivity (Wildman–Crippen MR) is 65.6 cm³/mol. The molecule has 1 unspecified atom stereocenters. The van der Waals surface area contributed by atoms with Crippen LogP contribution in [0.3, 0.4) is 0 Å². The van der Waals surface area contributed by atoms with Gasteiger partial charge in [0.25, 0.3) is 0 Å². The average molecular weight is 256 g/mol. The van der Waals surface area contributed by atoms with Crippen LogP contribution in [0, 0.1) is 6.92 Å². The summed E-state index contributed by atoms with van der Waals surface area (Å²) in [5.41, 5.74) is 2.64. The molecule has 1 rings (SSSR count). The third kappa shape index (κ3) is 3.10. The van der Waals surface area contributed by atoms with Crippen LogP contribution in [-0.2, 0) is 0 Å². The van der Waals surface area contributed by atoms with Crippen molar-refractivity contribution in [3.05, 3.63) is 33.8 Å². The van der Waals surface area contributed by atoms with Crippen molar-refractivity contribution < 1.29 is 0 Å². The molecule has 1 nitrogen and oxygen atoms in total. The topological polar surface area (TPSA) is 12.0 Å². The number of halogens is 1. The third-order valence-electron chi connectivity index (χ3n) is 2.27. The maximum Gasteiger partial charge on any atom is 0.0294 e. The van der Waals surface area contributed by atoms with E-state index in [1.54, 1.807) is 0 Å². The molecule has 0 saturated carbocycles. The second-order valence-corrected chi connectivity index (χ2v) is 4.91. The Kier molecular flexibility index (Phi) is 4.14. The monoisotopic (exact) mass is 255 g/mol. The molecule has 0 aliphatic heterocycles. The fraction of sp³-hybridized carbons (Fsp3) is 0.500. The predicted octanol–water partition coefficient (Wildman–Crippen LogP) is 3.82. The second kappa shape index (κ2) is 4.94. The lowest BCUT2D eigenvalue weighted by Crippen LogP contribution is -2.26. The smallest absolute Gasteiger partial charge is 0.0294 e. The third-order valence-corrected chi connectivity index (χ3v) is 3.16. The minimum absolute atomic E-state index is 0.418. The fourth-order valence-electron chi connectivity index (χ4n) is 1.53. The average Bonchev–Trinajstić information content (AvgIpc) is 2.08. The molecule has 0 radical (unpaired) electrons. The Morgan fingerprint density at radius 2 is 1.86 bits per heavy atom. The molecule has 78 valence electrons. The molecule has 0 bridgehead atoms. The Hall–Kier alpha value is -0.340. The van der Waals surface area contributed by atoms with Crippen molar-refractivity contribution in [1.82, 2.24) is 5.32 Å². The van der Waals surface area contributed by atoms with Gasteiger partial charge >= 0.3 is 0 Å². The van der Waals surface area contributed by atoms with E-state index in [0.717, 1.165) is 0 Å². The highest BCUT2D eigenvalue weighted by atomic mass is 79.9. The molecule has 2 heteroatoms. The summed E-state index contributed by atoms with van der Waals surface area (Å²) in [6.45, 7) is 8.66. The summed E-state index contributed by atoms with van der Waals surface area (Å²) in [5, 5.41) is 3.49.